The zero-order valence-electron chi connectivity index (χ0n) is 11.6. The van der Waals surface area contributed by atoms with E-state index in [0.29, 0.717) is 10.0 Å². The molecule has 0 saturated carbocycles. The Bertz CT molecular complexity index is 561. The van der Waals surface area contributed by atoms with Crippen molar-refractivity contribution in [2.75, 3.05) is 6.61 Å². The van der Waals surface area contributed by atoms with Crippen LogP contribution in [0.5, 0.6) is 0 Å². The Labute approximate surface area is 129 Å². The monoisotopic (exact) mass is 358 g/mol. The average Bonchev–Trinajstić information content (AvgIpc) is 2.39. The molecule has 21 heavy (non-hydrogen) atoms. The Kier molecular flexibility index (Phi) is 6.29. The van der Waals surface area contributed by atoms with Crippen molar-refractivity contribution in [3.63, 3.8) is 0 Å². The molecule has 1 rings (SSSR count). The lowest BCUT2D eigenvalue weighted by Gasteiger charge is -2.16. The molecule has 7 nitrogen and oxygen atoms in total. The maximum Gasteiger partial charge on any atom is 0.328 e. The summed E-state index contributed by atoms with van der Waals surface area (Å²) in [6, 6.07) is 3.57. The van der Waals surface area contributed by atoms with E-state index in [1.807, 2.05) is 0 Å². The van der Waals surface area contributed by atoms with Crippen LogP contribution in [-0.2, 0) is 20.7 Å². The molecule has 0 saturated heterocycles. The molecule has 0 aliphatic carbocycles. The molecule has 0 radical (unpaired) electrons. The number of rotatable bonds is 6. The summed E-state index contributed by atoms with van der Waals surface area (Å²) >= 11 is 3.16. The number of amides is 1. The molecule has 0 aliphatic heterocycles. The minimum atomic E-state index is -0.956. The topological polar surface area (TPSA) is 98.5 Å². The quantitative estimate of drug-likeness (QED) is 0.476. The van der Waals surface area contributed by atoms with Crippen LogP contribution in [0.25, 0.3) is 0 Å². The summed E-state index contributed by atoms with van der Waals surface area (Å²) in [5.41, 5.74) is 0.221. The minimum Gasteiger partial charge on any atom is -0.464 e. The molecular formula is C13H15BrN2O5. The van der Waals surface area contributed by atoms with Gasteiger partial charge in [0.2, 0.25) is 5.91 Å². The van der Waals surface area contributed by atoms with Crippen LogP contribution >= 0.6 is 15.9 Å². The smallest absolute Gasteiger partial charge is 0.328 e. The number of carbonyl (C=O) groups excluding carboxylic acids is 2. The molecule has 1 unspecified atom stereocenters. The fraction of sp³-hybridized carbons (Fsp3) is 0.385. The van der Waals surface area contributed by atoms with Crippen LogP contribution in [0.2, 0.25) is 0 Å². The summed E-state index contributed by atoms with van der Waals surface area (Å²) in [5, 5.41) is 13.5. The zero-order chi connectivity index (χ0) is 16.0. The second kappa shape index (κ2) is 7.72. The first-order valence-corrected chi connectivity index (χ1v) is 7.01. The third kappa shape index (κ3) is 5.14. The maximum absolute atomic E-state index is 11.8. The molecule has 0 spiro atoms. The van der Waals surface area contributed by atoms with Crippen LogP contribution in [0.1, 0.15) is 19.4 Å². The Morgan fingerprint density at radius 2 is 2.14 bits per heavy atom. The molecule has 114 valence electrons. The van der Waals surface area contributed by atoms with Crippen molar-refractivity contribution < 1.29 is 19.2 Å². The van der Waals surface area contributed by atoms with E-state index in [0.717, 1.165) is 0 Å². The SMILES string of the molecule is CCOC(=O)C(Cc1ccc(Br)cc1[N+](=O)[O-])NC(C)=O. The van der Waals surface area contributed by atoms with Crippen molar-refractivity contribution in [3.05, 3.63) is 38.3 Å². The molecule has 8 heteroatoms. The average molecular weight is 359 g/mol. The number of ether oxygens (including phenoxy) is 1. The molecule has 0 heterocycles. The van der Waals surface area contributed by atoms with Crippen LogP contribution < -0.4 is 5.32 Å². The van der Waals surface area contributed by atoms with E-state index in [1.54, 1.807) is 13.0 Å². The standard InChI is InChI=1S/C13H15BrN2O5/c1-3-21-13(18)11(15-8(2)17)6-9-4-5-10(14)7-12(9)16(19)20/h4-5,7,11H,3,6H2,1-2H3,(H,15,17). The molecular weight excluding hydrogens is 344 g/mol. The van der Waals surface area contributed by atoms with Crippen LogP contribution in [-0.4, -0.2) is 29.4 Å². The molecule has 0 aliphatic rings. The van der Waals surface area contributed by atoms with Gasteiger partial charge in [0.25, 0.3) is 5.69 Å². The van der Waals surface area contributed by atoms with E-state index in [2.05, 4.69) is 21.2 Å². The number of nitrogens with one attached hydrogen (secondary N) is 1. The molecule has 0 aromatic heterocycles. The predicted molar refractivity (Wildman–Crippen MR) is 78.7 cm³/mol. The van der Waals surface area contributed by atoms with Crippen molar-refractivity contribution in [2.24, 2.45) is 0 Å². The fourth-order valence-electron chi connectivity index (χ4n) is 1.78. The zero-order valence-corrected chi connectivity index (χ0v) is 13.2. The molecule has 1 aromatic rings. The number of nitro benzene ring substituents is 1. The van der Waals surface area contributed by atoms with Gasteiger partial charge in [-0.05, 0) is 13.0 Å². The van der Waals surface area contributed by atoms with Crippen LogP contribution in [0, 0.1) is 10.1 Å². The number of nitrogens with zero attached hydrogens (tertiary/aromatic N) is 1. The number of carbonyl (C=O) groups is 2. The van der Waals surface area contributed by atoms with Gasteiger partial charge in [0.15, 0.2) is 0 Å². The number of hydrogen-bond donors (Lipinski definition) is 1. The van der Waals surface area contributed by atoms with Crippen molar-refractivity contribution >= 4 is 33.5 Å². The molecule has 1 aromatic carbocycles. The van der Waals surface area contributed by atoms with E-state index >= 15 is 0 Å². The second-order valence-corrected chi connectivity index (χ2v) is 5.16. The third-order valence-corrected chi connectivity index (χ3v) is 3.11. The van der Waals surface area contributed by atoms with Gasteiger partial charge in [-0.25, -0.2) is 4.79 Å². The Morgan fingerprint density at radius 3 is 2.67 bits per heavy atom. The van der Waals surface area contributed by atoms with Gasteiger partial charge in [-0.15, -0.1) is 0 Å². The highest BCUT2D eigenvalue weighted by molar-refractivity contribution is 9.10. The highest BCUT2D eigenvalue weighted by atomic mass is 79.9. The van der Waals surface area contributed by atoms with Crippen LogP contribution in [0.15, 0.2) is 22.7 Å². The summed E-state index contributed by atoms with van der Waals surface area (Å²) in [5.74, 6) is -1.03. The minimum absolute atomic E-state index is 0.0119. The number of esters is 1. The first-order chi connectivity index (χ1) is 9.85. The Balaban J connectivity index is 3.05. The van der Waals surface area contributed by atoms with Crippen molar-refractivity contribution in [3.8, 4) is 0 Å². The lowest BCUT2D eigenvalue weighted by molar-refractivity contribution is -0.385. The third-order valence-electron chi connectivity index (χ3n) is 2.62. The lowest BCUT2D eigenvalue weighted by atomic mass is 10.0. The fourth-order valence-corrected chi connectivity index (χ4v) is 2.13. The van der Waals surface area contributed by atoms with Crippen LogP contribution in [0.4, 0.5) is 5.69 Å². The van der Waals surface area contributed by atoms with E-state index in [1.165, 1.54) is 19.1 Å². The summed E-state index contributed by atoms with van der Waals surface area (Å²) < 4.78 is 5.43. The van der Waals surface area contributed by atoms with Crippen molar-refractivity contribution in [1.82, 2.24) is 5.32 Å². The second-order valence-electron chi connectivity index (χ2n) is 4.24. The van der Waals surface area contributed by atoms with Gasteiger partial charge in [-0.1, -0.05) is 22.0 Å². The van der Waals surface area contributed by atoms with Crippen LogP contribution in [0.3, 0.4) is 0 Å². The van der Waals surface area contributed by atoms with Crippen molar-refractivity contribution in [2.45, 2.75) is 26.3 Å². The first kappa shape index (κ1) is 17.1. The van der Waals surface area contributed by atoms with E-state index in [4.69, 9.17) is 4.74 Å². The number of halogens is 1. The maximum atomic E-state index is 11.8. The predicted octanol–water partition coefficient (Wildman–Crippen LogP) is 1.97. The Hall–Kier alpha value is -1.96. The van der Waals surface area contributed by atoms with Gasteiger partial charge in [0.1, 0.15) is 6.04 Å². The highest BCUT2D eigenvalue weighted by Crippen LogP contribution is 2.24. The Morgan fingerprint density at radius 1 is 1.48 bits per heavy atom. The number of nitro groups is 1. The van der Waals surface area contributed by atoms with E-state index in [-0.39, 0.29) is 18.7 Å². The summed E-state index contributed by atoms with van der Waals surface area (Å²) in [6.45, 7) is 3.07. The molecule has 1 N–H and O–H groups in total. The van der Waals surface area contributed by atoms with Gasteiger partial charge in [0.05, 0.1) is 11.5 Å². The van der Waals surface area contributed by atoms with Gasteiger partial charge in [0, 0.05) is 29.4 Å². The van der Waals surface area contributed by atoms with Gasteiger partial charge < -0.3 is 10.1 Å². The summed E-state index contributed by atoms with van der Waals surface area (Å²) in [7, 11) is 0. The largest absolute Gasteiger partial charge is 0.464 e. The number of benzene rings is 1. The van der Waals surface area contributed by atoms with Gasteiger partial charge >= 0.3 is 5.97 Å². The summed E-state index contributed by atoms with van der Waals surface area (Å²) in [4.78, 5) is 33.5. The lowest BCUT2D eigenvalue weighted by Crippen LogP contribution is -2.42. The van der Waals surface area contributed by atoms with E-state index in [9.17, 15) is 19.7 Å². The highest BCUT2D eigenvalue weighted by Gasteiger charge is 2.25. The molecule has 0 bridgehead atoms. The first-order valence-electron chi connectivity index (χ1n) is 6.21. The normalized spacial score (nSPS) is 11.6. The molecule has 1 atom stereocenters. The van der Waals surface area contributed by atoms with Gasteiger partial charge in [-0.2, -0.15) is 0 Å². The van der Waals surface area contributed by atoms with Crippen molar-refractivity contribution in [1.29, 1.82) is 0 Å². The van der Waals surface area contributed by atoms with Gasteiger partial charge in [-0.3, -0.25) is 14.9 Å². The molecule has 1 amide bonds. The number of hydrogen-bond acceptors (Lipinski definition) is 5. The summed E-state index contributed by atoms with van der Waals surface area (Å²) in [6.07, 6.45) is -0.0119. The van der Waals surface area contributed by atoms with E-state index < -0.39 is 22.8 Å². The molecule has 0 fully saturated rings.